The lowest BCUT2D eigenvalue weighted by atomic mass is 9.95. The highest BCUT2D eigenvalue weighted by atomic mass is 16.3. The number of fused-ring (bicyclic) bond motifs is 11. The Morgan fingerprint density at radius 3 is 1.62 bits per heavy atom. The van der Waals surface area contributed by atoms with Gasteiger partial charge in [0.15, 0.2) is 0 Å². The quantitative estimate of drug-likeness (QED) is 0.170. The largest absolute Gasteiger partial charge is 0.456 e. The van der Waals surface area contributed by atoms with Crippen molar-refractivity contribution in [2.75, 3.05) is 4.90 Å². The number of hydrogen-bond acceptors (Lipinski definition) is 3. The maximum Gasteiger partial charge on any atom is 0.143 e. The second-order valence-electron chi connectivity index (χ2n) is 13.7. The molecule has 0 bridgehead atoms. The standard InChI is InChI=1S/C50H31NO2/c1-3-13-32(14-4-1)35-29-44(49-47(31-35)53-50-43-21-10-8-18-39(43)38-17-7-9-20-42(38)48(49)50)51(36-15-5-2-6-16-36)37-26-23-33(24-27-37)34-25-28-41-40-19-11-12-22-45(40)52-46(41)30-34/h1-31H. The molecule has 11 aromatic rings. The van der Waals surface area contributed by atoms with E-state index >= 15 is 0 Å². The average Bonchev–Trinajstić information content (AvgIpc) is 3.81. The molecule has 0 saturated carbocycles. The fourth-order valence-electron chi connectivity index (χ4n) is 8.19. The molecule has 3 heteroatoms. The van der Waals surface area contributed by atoms with Crippen molar-refractivity contribution >= 4 is 82.5 Å². The van der Waals surface area contributed by atoms with Crippen LogP contribution in [-0.4, -0.2) is 0 Å². The molecule has 0 N–H and O–H groups in total. The Kier molecular flexibility index (Phi) is 6.55. The van der Waals surface area contributed by atoms with Crippen LogP contribution in [0.5, 0.6) is 0 Å². The minimum Gasteiger partial charge on any atom is -0.456 e. The fourth-order valence-corrected chi connectivity index (χ4v) is 8.19. The molecule has 0 aliphatic rings. The van der Waals surface area contributed by atoms with Gasteiger partial charge in [-0.25, -0.2) is 0 Å². The van der Waals surface area contributed by atoms with Gasteiger partial charge < -0.3 is 13.7 Å². The summed E-state index contributed by atoms with van der Waals surface area (Å²) in [5.74, 6) is 0. The Morgan fingerprint density at radius 1 is 0.302 bits per heavy atom. The van der Waals surface area contributed by atoms with Gasteiger partial charge in [0.25, 0.3) is 0 Å². The molecular weight excluding hydrogens is 647 g/mol. The molecule has 0 spiro atoms. The molecule has 2 heterocycles. The van der Waals surface area contributed by atoms with E-state index < -0.39 is 0 Å². The predicted molar refractivity (Wildman–Crippen MR) is 222 cm³/mol. The van der Waals surface area contributed by atoms with Gasteiger partial charge in [0.05, 0.1) is 11.1 Å². The second-order valence-corrected chi connectivity index (χ2v) is 13.7. The molecule has 0 aliphatic carbocycles. The number of rotatable bonds is 5. The molecule has 0 unspecified atom stereocenters. The molecule has 0 saturated heterocycles. The molecule has 0 radical (unpaired) electrons. The summed E-state index contributed by atoms with van der Waals surface area (Å²) >= 11 is 0. The van der Waals surface area contributed by atoms with Gasteiger partial charge in [-0.05, 0) is 93.0 Å². The average molecular weight is 678 g/mol. The van der Waals surface area contributed by atoms with Crippen LogP contribution in [0.25, 0.3) is 87.7 Å². The summed E-state index contributed by atoms with van der Waals surface area (Å²) in [5.41, 5.74) is 11.2. The van der Waals surface area contributed by atoms with Gasteiger partial charge in [0, 0.05) is 32.9 Å². The Balaban J connectivity index is 1.17. The van der Waals surface area contributed by atoms with Crippen molar-refractivity contribution in [3.05, 3.63) is 188 Å². The monoisotopic (exact) mass is 677 g/mol. The van der Waals surface area contributed by atoms with Gasteiger partial charge in [-0.2, -0.15) is 0 Å². The van der Waals surface area contributed by atoms with Crippen molar-refractivity contribution in [3.8, 4) is 22.3 Å². The lowest BCUT2D eigenvalue weighted by Gasteiger charge is -2.27. The summed E-state index contributed by atoms with van der Waals surface area (Å²) in [6.07, 6.45) is 0. The van der Waals surface area contributed by atoms with Gasteiger partial charge in [-0.3, -0.25) is 0 Å². The van der Waals surface area contributed by atoms with Gasteiger partial charge in [0.1, 0.15) is 22.3 Å². The lowest BCUT2D eigenvalue weighted by molar-refractivity contribution is 0.669. The summed E-state index contributed by atoms with van der Waals surface area (Å²) in [4.78, 5) is 2.37. The molecule has 0 amide bonds. The summed E-state index contributed by atoms with van der Waals surface area (Å²) in [6, 6.07) is 66.7. The molecular formula is C50H31NO2. The van der Waals surface area contributed by atoms with Crippen molar-refractivity contribution in [2.45, 2.75) is 0 Å². The molecule has 2 aromatic heterocycles. The molecule has 248 valence electrons. The molecule has 0 fully saturated rings. The van der Waals surface area contributed by atoms with Crippen LogP contribution in [0.4, 0.5) is 17.1 Å². The van der Waals surface area contributed by atoms with E-state index in [1.165, 1.54) is 16.2 Å². The van der Waals surface area contributed by atoms with Gasteiger partial charge in [-0.15, -0.1) is 0 Å². The van der Waals surface area contributed by atoms with Crippen molar-refractivity contribution in [1.29, 1.82) is 0 Å². The van der Waals surface area contributed by atoms with Gasteiger partial charge in [0.2, 0.25) is 0 Å². The zero-order valence-electron chi connectivity index (χ0n) is 28.7. The SMILES string of the molecule is c1ccc(-c2cc(N(c3ccccc3)c3ccc(-c4ccc5c(c4)oc4ccccc45)cc3)c3c(c2)oc2c4ccccc4c4ccccc4c23)cc1. The number of para-hydroxylation sites is 2. The summed E-state index contributed by atoms with van der Waals surface area (Å²) in [5, 5.41) is 9.18. The fraction of sp³-hybridized carbons (Fsp3) is 0. The summed E-state index contributed by atoms with van der Waals surface area (Å²) in [6.45, 7) is 0. The van der Waals surface area contributed by atoms with Crippen LogP contribution < -0.4 is 4.90 Å². The number of nitrogens with zero attached hydrogens (tertiary/aromatic N) is 1. The predicted octanol–water partition coefficient (Wildman–Crippen LogP) is 14.6. The minimum atomic E-state index is 0.856. The van der Waals surface area contributed by atoms with E-state index in [0.29, 0.717) is 0 Å². The zero-order valence-corrected chi connectivity index (χ0v) is 28.7. The van der Waals surface area contributed by atoms with Crippen molar-refractivity contribution in [3.63, 3.8) is 0 Å². The first-order valence-corrected chi connectivity index (χ1v) is 18.0. The Morgan fingerprint density at radius 2 is 0.849 bits per heavy atom. The van der Waals surface area contributed by atoms with E-state index in [1.807, 2.05) is 12.1 Å². The Bertz CT molecular complexity index is 3160. The third kappa shape index (κ3) is 4.68. The topological polar surface area (TPSA) is 29.5 Å². The highest BCUT2D eigenvalue weighted by molar-refractivity contribution is 6.32. The number of anilines is 3. The molecule has 3 nitrogen and oxygen atoms in total. The normalized spacial score (nSPS) is 11.8. The summed E-state index contributed by atoms with van der Waals surface area (Å²) < 4.78 is 13.2. The Hall–Kier alpha value is -7.10. The van der Waals surface area contributed by atoms with Crippen LogP contribution in [0.15, 0.2) is 197 Å². The zero-order chi connectivity index (χ0) is 34.9. The Labute approximate surface area is 305 Å². The van der Waals surface area contributed by atoms with E-state index in [9.17, 15) is 0 Å². The van der Waals surface area contributed by atoms with Crippen LogP contribution >= 0.6 is 0 Å². The van der Waals surface area contributed by atoms with E-state index in [4.69, 9.17) is 8.83 Å². The molecule has 0 atom stereocenters. The molecule has 11 rings (SSSR count). The molecule has 0 aliphatic heterocycles. The maximum absolute atomic E-state index is 7.00. The number of hydrogen-bond donors (Lipinski definition) is 0. The van der Waals surface area contributed by atoms with Crippen LogP contribution in [0, 0.1) is 0 Å². The third-order valence-electron chi connectivity index (χ3n) is 10.6. The van der Waals surface area contributed by atoms with E-state index in [2.05, 4.69) is 181 Å². The van der Waals surface area contributed by atoms with E-state index in [-0.39, 0.29) is 0 Å². The first-order valence-electron chi connectivity index (χ1n) is 18.0. The van der Waals surface area contributed by atoms with Crippen molar-refractivity contribution in [2.24, 2.45) is 0 Å². The van der Waals surface area contributed by atoms with Gasteiger partial charge >= 0.3 is 0 Å². The minimum absolute atomic E-state index is 0.856. The van der Waals surface area contributed by atoms with Crippen molar-refractivity contribution in [1.82, 2.24) is 0 Å². The number of furan rings is 2. The van der Waals surface area contributed by atoms with E-state index in [0.717, 1.165) is 88.6 Å². The van der Waals surface area contributed by atoms with Crippen molar-refractivity contribution < 1.29 is 8.83 Å². The lowest BCUT2D eigenvalue weighted by Crippen LogP contribution is -2.10. The van der Waals surface area contributed by atoms with Crippen LogP contribution in [-0.2, 0) is 0 Å². The highest BCUT2D eigenvalue weighted by Gasteiger charge is 2.24. The number of benzene rings is 9. The van der Waals surface area contributed by atoms with Crippen LogP contribution in [0.3, 0.4) is 0 Å². The second kappa shape index (κ2) is 11.7. The van der Waals surface area contributed by atoms with E-state index in [1.54, 1.807) is 0 Å². The summed E-state index contributed by atoms with van der Waals surface area (Å²) in [7, 11) is 0. The van der Waals surface area contributed by atoms with Crippen LogP contribution in [0.2, 0.25) is 0 Å². The smallest absolute Gasteiger partial charge is 0.143 e. The molecule has 53 heavy (non-hydrogen) atoms. The molecule has 9 aromatic carbocycles. The highest BCUT2D eigenvalue weighted by Crippen LogP contribution is 2.49. The van der Waals surface area contributed by atoms with Gasteiger partial charge in [-0.1, -0.05) is 133 Å². The first kappa shape index (κ1) is 29.6. The third-order valence-corrected chi connectivity index (χ3v) is 10.6. The van der Waals surface area contributed by atoms with Crippen LogP contribution in [0.1, 0.15) is 0 Å². The maximum atomic E-state index is 7.00. The first-order chi connectivity index (χ1) is 26.3.